The zero-order valence-corrected chi connectivity index (χ0v) is 12.3. The Morgan fingerprint density at radius 1 is 0.947 bits per heavy atom. The average Bonchev–Trinajstić information content (AvgIpc) is 2.09. The molecule has 7 nitrogen and oxygen atoms in total. The molecule has 0 unspecified atom stereocenters. The summed E-state index contributed by atoms with van der Waals surface area (Å²) < 4.78 is 0. The van der Waals surface area contributed by atoms with Crippen molar-refractivity contribution in [2.45, 2.75) is 51.6 Å². The molecule has 0 saturated carbocycles. The van der Waals surface area contributed by atoms with Crippen LogP contribution in [0.15, 0.2) is 0 Å². The van der Waals surface area contributed by atoms with Crippen LogP contribution in [-0.4, -0.2) is 46.0 Å². The van der Waals surface area contributed by atoms with Gasteiger partial charge in [0.25, 0.3) is 0 Å². The standard InChI is InChI=1S/C12H23N3O4/c1-10(2)6-12(8-14(16)17,9-15(18)19)7-11(3,4)13(10)5/h6-9H2,1-5H3. The van der Waals surface area contributed by atoms with Gasteiger partial charge in [0.2, 0.25) is 13.1 Å². The number of nitrogens with zero attached hydrogens (tertiary/aromatic N) is 3. The normalized spacial score (nSPS) is 24.9. The van der Waals surface area contributed by atoms with E-state index in [1.165, 1.54) is 0 Å². The molecule has 0 aromatic rings. The van der Waals surface area contributed by atoms with E-state index in [2.05, 4.69) is 4.90 Å². The molecule has 0 atom stereocenters. The monoisotopic (exact) mass is 273 g/mol. The molecule has 0 aromatic carbocycles. The number of hydrogen-bond donors (Lipinski definition) is 0. The van der Waals surface area contributed by atoms with Crippen LogP contribution in [0.3, 0.4) is 0 Å². The predicted molar refractivity (Wildman–Crippen MR) is 71.3 cm³/mol. The topological polar surface area (TPSA) is 89.5 Å². The van der Waals surface area contributed by atoms with Crippen LogP contribution < -0.4 is 0 Å². The summed E-state index contributed by atoms with van der Waals surface area (Å²) in [6.07, 6.45) is 0.920. The number of rotatable bonds is 4. The number of nitro groups is 2. The Labute approximate surface area is 113 Å². The summed E-state index contributed by atoms with van der Waals surface area (Å²) in [5.41, 5.74) is -1.46. The fourth-order valence-electron chi connectivity index (χ4n) is 3.78. The third kappa shape index (κ3) is 3.40. The molecular formula is C12H23N3O4. The summed E-state index contributed by atoms with van der Waals surface area (Å²) in [5, 5.41) is 21.9. The van der Waals surface area contributed by atoms with Crippen molar-refractivity contribution in [1.29, 1.82) is 0 Å². The fourth-order valence-corrected chi connectivity index (χ4v) is 3.78. The van der Waals surface area contributed by atoms with E-state index in [9.17, 15) is 20.2 Å². The second-order valence-electron chi connectivity index (χ2n) is 7.02. The van der Waals surface area contributed by atoms with Crippen molar-refractivity contribution in [3.05, 3.63) is 20.2 Å². The summed E-state index contributed by atoms with van der Waals surface area (Å²) in [6.45, 7) is 7.28. The predicted octanol–water partition coefficient (Wildman–Crippen LogP) is 1.81. The highest BCUT2D eigenvalue weighted by Gasteiger charge is 2.55. The van der Waals surface area contributed by atoms with Gasteiger partial charge >= 0.3 is 0 Å². The lowest BCUT2D eigenvalue weighted by molar-refractivity contribution is -0.544. The lowest BCUT2D eigenvalue weighted by Gasteiger charge is -2.56. The Bertz CT molecular complexity index is 356. The van der Waals surface area contributed by atoms with Crippen molar-refractivity contribution in [3.8, 4) is 0 Å². The van der Waals surface area contributed by atoms with E-state index in [1.54, 1.807) is 0 Å². The van der Waals surface area contributed by atoms with Gasteiger partial charge in [0.05, 0.1) is 0 Å². The largest absolute Gasteiger partial charge is 0.296 e. The molecule has 1 aliphatic rings. The minimum atomic E-state index is -0.869. The molecule has 0 spiro atoms. The van der Waals surface area contributed by atoms with Gasteiger partial charge in [0.1, 0.15) is 5.41 Å². The van der Waals surface area contributed by atoms with Gasteiger partial charge in [0, 0.05) is 20.9 Å². The van der Waals surface area contributed by atoms with Gasteiger partial charge in [-0.3, -0.25) is 25.1 Å². The third-order valence-electron chi connectivity index (χ3n) is 4.36. The van der Waals surface area contributed by atoms with Crippen LogP contribution in [0.2, 0.25) is 0 Å². The Kier molecular flexibility index (Phi) is 3.91. The summed E-state index contributed by atoms with van der Waals surface area (Å²) >= 11 is 0. The van der Waals surface area contributed by atoms with E-state index in [-0.39, 0.29) is 24.2 Å². The van der Waals surface area contributed by atoms with Gasteiger partial charge in [-0.2, -0.15) is 0 Å². The highest BCUT2D eigenvalue weighted by Crippen LogP contribution is 2.47. The molecule has 0 aliphatic carbocycles. The quantitative estimate of drug-likeness (QED) is 0.575. The number of likely N-dealkylation sites (tertiary alicyclic amines) is 1. The van der Waals surface area contributed by atoms with Crippen molar-refractivity contribution >= 4 is 0 Å². The maximum absolute atomic E-state index is 10.9. The Balaban J connectivity index is 3.17. The lowest BCUT2D eigenvalue weighted by Crippen LogP contribution is -2.64. The molecule has 19 heavy (non-hydrogen) atoms. The lowest BCUT2D eigenvalue weighted by atomic mass is 9.64. The molecule has 1 rings (SSSR count). The molecule has 1 saturated heterocycles. The van der Waals surface area contributed by atoms with E-state index in [0.717, 1.165) is 0 Å². The van der Waals surface area contributed by atoms with Crippen LogP contribution in [0.1, 0.15) is 40.5 Å². The number of piperidine rings is 1. The van der Waals surface area contributed by atoms with Gasteiger partial charge in [-0.25, -0.2) is 0 Å². The summed E-state index contributed by atoms with van der Waals surface area (Å²) in [5.74, 6) is 0. The molecule has 1 fully saturated rings. The third-order valence-corrected chi connectivity index (χ3v) is 4.36. The molecule has 110 valence electrons. The van der Waals surface area contributed by atoms with Gasteiger partial charge in [0.15, 0.2) is 0 Å². The Morgan fingerprint density at radius 2 is 1.26 bits per heavy atom. The first-order valence-corrected chi connectivity index (χ1v) is 6.38. The second-order valence-corrected chi connectivity index (χ2v) is 7.02. The summed E-state index contributed by atoms with van der Waals surface area (Å²) in [6, 6.07) is 0. The van der Waals surface area contributed by atoms with Crippen LogP contribution in [0.5, 0.6) is 0 Å². The van der Waals surface area contributed by atoms with Crippen molar-refractivity contribution in [2.75, 3.05) is 20.1 Å². The van der Waals surface area contributed by atoms with E-state index in [4.69, 9.17) is 0 Å². The van der Waals surface area contributed by atoms with E-state index >= 15 is 0 Å². The smallest absolute Gasteiger partial charge is 0.215 e. The molecular weight excluding hydrogens is 250 g/mol. The molecule has 0 amide bonds. The van der Waals surface area contributed by atoms with Crippen molar-refractivity contribution in [3.63, 3.8) is 0 Å². The first-order valence-electron chi connectivity index (χ1n) is 6.38. The molecule has 7 heteroatoms. The van der Waals surface area contributed by atoms with Crippen LogP contribution >= 0.6 is 0 Å². The molecule has 0 N–H and O–H groups in total. The number of hydrogen-bond acceptors (Lipinski definition) is 5. The first-order chi connectivity index (χ1) is 8.40. The van der Waals surface area contributed by atoms with E-state index < -0.39 is 15.3 Å². The molecule has 0 bridgehead atoms. The van der Waals surface area contributed by atoms with Crippen molar-refractivity contribution in [1.82, 2.24) is 4.90 Å². The van der Waals surface area contributed by atoms with Crippen LogP contribution in [0.25, 0.3) is 0 Å². The summed E-state index contributed by atoms with van der Waals surface area (Å²) in [4.78, 5) is 23.2. The Hall–Kier alpha value is -1.24. The Morgan fingerprint density at radius 3 is 1.53 bits per heavy atom. The van der Waals surface area contributed by atoms with Crippen LogP contribution in [-0.2, 0) is 0 Å². The zero-order chi connectivity index (χ0) is 15.1. The van der Waals surface area contributed by atoms with Gasteiger partial charge in [-0.05, 0) is 47.6 Å². The van der Waals surface area contributed by atoms with E-state index in [0.29, 0.717) is 12.8 Å². The average molecular weight is 273 g/mol. The minimum Gasteiger partial charge on any atom is -0.296 e. The molecule has 1 aliphatic heterocycles. The van der Waals surface area contributed by atoms with Crippen molar-refractivity contribution in [2.24, 2.45) is 5.41 Å². The summed E-state index contributed by atoms with van der Waals surface area (Å²) in [7, 11) is 1.97. The maximum Gasteiger partial charge on any atom is 0.215 e. The SMILES string of the molecule is CN1C(C)(C)CC(C[N+](=O)[O-])(C[N+](=O)[O-])CC1(C)C. The molecule has 0 radical (unpaired) electrons. The van der Waals surface area contributed by atoms with Crippen LogP contribution in [0, 0.1) is 25.6 Å². The van der Waals surface area contributed by atoms with Gasteiger partial charge < -0.3 is 0 Å². The fraction of sp³-hybridized carbons (Fsp3) is 1.00. The van der Waals surface area contributed by atoms with Crippen molar-refractivity contribution < 1.29 is 9.85 Å². The maximum atomic E-state index is 10.9. The highest BCUT2D eigenvalue weighted by atomic mass is 16.6. The van der Waals surface area contributed by atoms with Crippen LogP contribution in [0.4, 0.5) is 0 Å². The first kappa shape index (κ1) is 15.8. The van der Waals surface area contributed by atoms with Gasteiger partial charge in [-0.15, -0.1) is 0 Å². The van der Waals surface area contributed by atoms with E-state index in [1.807, 2.05) is 34.7 Å². The highest BCUT2D eigenvalue weighted by molar-refractivity contribution is 5.04. The second kappa shape index (κ2) is 4.70. The van der Waals surface area contributed by atoms with Gasteiger partial charge in [-0.1, -0.05) is 0 Å². The molecule has 0 aromatic heterocycles. The molecule has 1 heterocycles. The zero-order valence-electron chi connectivity index (χ0n) is 12.3. The minimum absolute atomic E-state index is 0.298.